The minimum atomic E-state index is -0.295. The van der Waals surface area contributed by atoms with E-state index in [1.165, 1.54) is 7.11 Å². The Labute approximate surface area is 120 Å². The minimum absolute atomic E-state index is 0.0265. The van der Waals surface area contributed by atoms with Gasteiger partial charge in [-0.05, 0) is 31.9 Å². The third-order valence-electron chi connectivity index (χ3n) is 3.54. The molecule has 0 radical (unpaired) electrons. The molecular weight excluding hydrogens is 254 g/mol. The smallest absolute Gasteiger partial charge is 0.307 e. The monoisotopic (exact) mass is 277 g/mol. The summed E-state index contributed by atoms with van der Waals surface area (Å²) in [4.78, 5) is 25.7. The highest BCUT2D eigenvalue weighted by molar-refractivity contribution is 5.96. The fourth-order valence-corrected chi connectivity index (χ4v) is 2.02. The molecule has 1 amide bonds. The SMILES string of the molecule is CCC(C)N(CCC(=O)OC)C(=O)c1ccccc1C. The molecule has 4 nitrogen and oxygen atoms in total. The van der Waals surface area contributed by atoms with Crippen molar-refractivity contribution in [2.75, 3.05) is 13.7 Å². The number of hydrogen-bond donors (Lipinski definition) is 0. The first-order valence-corrected chi connectivity index (χ1v) is 6.94. The van der Waals surface area contributed by atoms with Crippen LogP contribution in [0.2, 0.25) is 0 Å². The second-order valence-electron chi connectivity index (χ2n) is 4.90. The molecule has 0 heterocycles. The number of amides is 1. The Hall–Kier alpha value is -1.84. The summed E-state index contributed by atoms with van der Waals surface area (Å²) in [5, 5.41) is 0. The molecule has 0 saturated heterocycles. The maximum atomic E-state index is 12.6. The first-order chi connectivity index (χ1) is 9.51. The molecule has 0 aromatic heterocycles. The van der Waals surface area contributed by atoms with Crippen LogP contribution in [0, 0.1) is 6.92 Å². The Kier molecular flexibility index (Phi) is 6.22. The number of rotatable bonds is 6. The van der Waals surface area contributed by atoms with E-state index in [0.717, 1.165) is 12.0 Å². The van der Waals surface area contributed by atoms with E-state index in [9.17, 15) is 9.59 Å². The van der Waals surface area contributed by atoms with Crippen LogP contribution < -0.4 is 0 Å². The zero-order chi connectivity index (χ0) is 15.1. The Balaban J connectivity index is 2.90. The third-order valence-corrected chi connectivity index (χ3v) is 3.54. The lowest BCUT2D eigenvalue weighted by Gasteiger charge is -2.29. The van der Waals surface area contributed by atoms with Crippen LogP contribution in [0.15, 0.2) is 24.3 Å². The first-order valence-electron chi connectivity index (χ1n) is 6.94. The van der Waals surface area contributed by atoms with Gasteiger partial charge in [0, 0.05) is 18.2 Å². The fraction of sp³-hybridized carbons (Fsp3) is 0.500. The maximum Gasteiger partial charge on any atom is 0.307 e. The van der Waals surface area contributed by atoms with Crippen LogP contribution in [0.3, 0.4) is 0 Å². The van der Waals surface area contributed by atoms with Crippen molar-refractivity contribution in [1.29, 1.82) is 0 Å². The van der Waals surface area contributed by atoms with Gasteiger partial charge >= 0.3 is 5.97 Å². The highest BCUT2D eigenvalue weighted by Gasteiger charge is 2.22. The largest absolute Gasteiger partial charge is 0.469 e. The standard InChI is InChI=1S/C16H23NO3/c1-5-13(3)17(11-10-15(18)20-4)16(19)14-9-7-6-8-12(14)2/h6-9,13H,5,10-11H2,1-4H3. The van der Waals surface area contributed by atoms with Crippen LogP contribution in [0.4, 0.5) is 0 Å². The molecule has 0 bridgehead atoms. The molecular formula is C16H23NO3. The van der Waals surface area contributed by atoms with Gasteiger partial charge in [0.15, 0.2) is 0 Å². The average Bonchev–Trinajstić information content (AvgIpc) is 2.46. The molecule has 1 atom stereocenters. The van der Waals surface area contributed by atoms with Crippen molar-refractivity contribution in [1.82, 2.24) is 4.90 Å². The number of esters is 1. The molecule has 0 aliphatic carbocycles. The summed E-state index contributed by atoms with van der Waals surface area (Å²) in [5.41, 5.74) is 1.64. The molecule has 1 aromatic carbocycles. The van der Waals surface area contributed by atoms with Crippen molar-refractivity contribution in [3.63, 3.8) is 0 Å². The van der Waals surface area contributed by atoms with Gasteiger partial charge in [0.25, 0.3) is 5.91 Å². The molecule has 4 heteroatoms. The van der Waals surface area contributed by atoms with Crippen molar-refractivity contribution in [3.05, 3.63) is 35.4 Å². The normalized spacial score (nSPS) is 11.8. The van der Waals surface area contributed by atoms with E-state index in [-0.39, 0.29) is 24.3 Å². The summed E-state index contributed by atoms with van der Waals surface area (Å²) in [6.45, 7) is 6.32. The molecule has 0 N–H and O–H groups in total. The summed E-state index contributed by atoms with van der Waals surface area (Å²) in [5.74, 6) is -0.322. The van der Waals surface area contributed by atoms with E-state index >= 15 is 0 Å². The zero-order valence-electron chi connectivity index (χ0n) is 12.7. The molecule has 0 aliphatic heterocycles. The van der Waals surface area contributed by atoms with E-state index in [2.05, 4.69) is 4.74 Å². The van der Waals surface area contributed by atoms with Gasteiger partial charge < -0.3 is 9.64 Å². The number of benzene rings is 1. The molecule has 0 fully saturated rings. The lowest BCUT2D eigenvalue weighted by Crippen LogP contribution is -2.40. The number of hydrogen-bond acceptors (Lipinski definition) is 3. The fourth-order valence-electron chi connectivity index (χ4n) is 2.02. The highest BCUT2D eigenvalue weighted by atomic mass is 16.5. The van der Waals surface area contributed by atoms with Gasteiger partial charge in [0.1, 0.15) is 0 Å². The van der Waals surface area contributed by atoms with Gasteiger partial charge in [-0.15, -0.1) is 0 Å². The Morgan fingerprint density at radius 3 is 2.50 bits per heavy atom. The summed E-state index contributed by atoms with van der Waals surface area (Å²) >= 11 is 0. The van der Waals surface area contributed by atoms with Gasteiger partial charge in [0.05, 0.1) is 13.5 Å². The number of aryl methyl sites for hydroxylation is 1. The Bertz CT molecular complexity index is 471. The second-order valence-corrected chi connectivity index (χ2v) is 4.90. The summed E-state index contributed by atoms with van der Waals surface area (Å²) in [6.07, 6.45) is 1.07. The third kappa shape index (κ3) is 4.08. The van der Waals surface area contributed by atoms with Gasteiger partial charge in [-0.25, -0.2) is 0 Å². The number of methoxy groups -OCH3 is 1. The molecule has 0 spiro atoms. The molecule has 110 valence electrons. The van der Waals surface area contributed by atoms with Crippen molar-refractivity contribution in [3.8, 4) is 0 Å². The van der Waals surface area contributed by atoms with Crippen LogP contribution >= 0.6 is 0 Å². The summed E-state index contributed by atoms with van der Waals surface area (Å²) < 4.78 is 4.65. The van der Waals surface area contributed by atoms with Crippen molar-refractivity contribution < 1.29 is 14.3 Å². The molecule has 1 rings (SSSR count). The van der Waals surface area contributed by atoms with Crippen LogP contribution in [-0.4, -0.2) is 36.5 Å². The van der Waals surface area contributed by atoms with E-state index in [1.807, 2.05) is 45.0 Å². The highest BCUT2D eigenvalue weighted by Crippen LogP contribution is 2.15. The number of carbonyl (C=O) groups excluding carboxylic acids is 2. The Morgan fingerprint density at radius 1 is 1.30 bits per heavy atom. The van der Waals surface area contributed by atoms with E-state index in [0.29, 0.717) is 12.1 Å². The van der Waals surface area contributed by atoms with E-state index in [1.54, 1.807) is 4.90 Å². The zero-order valence-corrected chi connectivity index (χ0v) is 12.7. The molecule has 0 saturated carbocycles. The average molecular weight is 277 g/mol. The second kappa shape index (κ2) is 7.68. The van der Waals surface area contributed by atoms with Crippen LogP contribution in [0.1, 0.15) is 42.6 Å². The van der Waals surface area contributed by atoms with Crippen LogP contribution in [0.5, 0.6) is 0 Å². The van der Waals surface area contributed by atoms with Crippen molar-refractivity contribution in [2.24, 2.45) is 0 Å². The Morgan fingerprint density at radius 2 is 1.95 bits per heavy atom. The van der Waals surface area contributed by atoms with Gasteiger partial charge in [-0.2, -0.15) is 0 Å². The molecule has 1 aromatic rings. The van der Waals surface area contributed by atoms with E-state index < -0.39 is 0 Å². The first kappa shape index (κ1) is 16.2. The topological polar surface area (TPSA) is 46.6 Å². The van der Waals surface area contributed by atoms with Crippen molar-refractivity contribution >= 4 is 11.9 Å². The minimum Gasteiger partial charge on any atom is -0.469 e. The molecule has 1 unspecified atom stereocenters. The summed E-state index contributed by atoms with van der Waals surface area (Å²) in [6, 6.07) is 7.60. The van der Waals surface area contributed by atoms with Crippen LogP contribution in [0.25, 0.3) is 0 Å². The lowest BCUT2D eigenvalue weighted by molar-refractivity contribution is -0.140. The molecule has 20 heavy (non-hydrogen) atoms. The summed E-state index contributed by atoms with van der Waals surface area (Å²) in [7, 11) is 1.36. The van der Waals surface area contributed by atoms with Gasteiger partial charge in [0.2, 0.25) is 0 Å². The lowest BCUT2D eigenvalue weighted by atomic mass is 10.1. The number of carbonyl (C=O) groups is 2. The maximum absolute atomic E-state index is 12.6. The number of nitrogens with zero attached hydrogens (tertiary/aromatic N) is 1. The predicted molar refractivity (Wildman–Crippen MR) is 78.6 cm³/mol. The van der Waals surface area contributed by atoms with Crippen LogP contribution in [-0.2, 0) is 9.53 Å². The van der Waals surface area contributed by atoms with E-state index in [4.69, 9.17) is 0 Å². The van der Waals surface area contributed by atoms with Crippen molar-refractivity contribution in [2.45, 2.75) is 39.7 Å². The van der Waals surface area contributed by atoms with Gasteiger partial charge in [-0.3, -0.25) is 9.59 Å². The quantitative estimate of drug-likeness (QED) is 0.751. The van der Waals surface area contributed by atoms with Gasteiger partial charge in [-0.1, -0.05) is 25.1 Å². The predicted octanol–water partition coefficient (Wildman–Crippen LogP) is 2.80. The number of ether oxygens (including phenoxy) is 1. The molecule has 0 aliphatic rings.